The number of alkyl halides is 2. The molecule has 3 N–H and O–H groups in total. The quantitative estimate of drug-likeness (QED) is 0.324. The van der Waals surface area contributed by atoms with Crippen LogP contribution < -0.4 is 25.4 Å². The van der Waals surface area contributed by atoms with Crippen molar-refractivity contribution in [3.63, 3.8) is 0 Å². The van der Waals surface area contributed by atoms with Gasteiger partial charge >= 0.3 is 6.61 Å². The number of halogens is 2. The minimum absolute atomic E-state index is 0.00142. The van der Waals surface area contributed by atoms with Gasteiger partial charge in [0, 0.05) is 23.4 Å². The molecular formula is C22H24F2N4O3. The second kappa shape index (κ2) is 12.0. The fraction of sp³-hybridized carbons (Fsp3) is 0.273. The Hall–Kier alpha value is -3.80. The number of methoxy groups -OCH3 is 1. The van der Waals surface area contributed by atoms with Gasteiger partial charge in [-0.3, -0.25) is 4.79 Å². The number of hydrogen-bond acceptors (Lipinski definition) is 4. The first-order chi connectivity index (χ1) is 14.9. The summed E-state index contributed by atoms with van der Waals surface area (Å²) in [6.45, 7) is -0.597. The Morgan fingerprint density at radius 2 is 2.03 bits per heavy atom. The number of carbonyl (C=O) groups excluding carboxylic acids is 1. The van der Waals surface area contributed by atoms with Crippen LogP contribution in [-0.2, 0) is 11.3 Å². The highest BCUT2D eigenvalue weighted by molar-refractivity contribution is 5.95. The summed E-state index contributed by atoms with van der Waals surface area (Å²) in [6, 6.07) is 11.4. The zero-order chi connectivity index (χ0) is 22.6. The fourth-order valence-corrected chi connectivity index (χ4v) is 2.58. The normalized spacial score (nSPS) is 10.9. The molecule has 0 spiro atoms. The van der Waals surface area contributed by atoms with Gasteiger partial charge in [0.2, 0.25) is 5.91 Å². The monoisotopic (exact) mass is 430 g/mol. The van der Waals surface area contributed by atoms with Crippen LogP contribution in [0.4, 0.5) is 14.5 Å². The Kier molecular flexibility index (Phi) is 9.11. The number of nitrogens with zero attached hydrogens (tertiary/aromatic N) is 1. The van der Waals surface area contributed by atoms with Gasteiger partial charge in [-0.05, 0) is 43.3 Å². The third kappa shape index (κ3) is 7.85. The van der Waals surface area contributed by atoms with Crippen molar-refractivity contribution in [2.24, 2.45) is 4.99 Å². The Balaban J connectivity index is 2.04. The number of nitrogens with one attached hydrogen (secondary N) is 3. The molecule has 2 aromatic carbocycles. The molecule has 9 heteroatoms. The minimum Gasteiger partial charge on any atom is -0.497 e. The van der Waals surface area contributed by atoms with Crippen LogP contribution in [-0.4, -0.2) is 38.7 Å². The van der Waals surface area contributed by atoms with E-state index in [1.54, 1.807) is 30.3 Å². The SMILES string of the molecule is C#Cc1cccc(NC(=O)CNC(=NCc2cc(OC)ccc2OC(F)F)NCC)c1. The van der Waals surface area contributed by atoms with E-state index in [2.05, 4.69) is 31.6 Å². The highest BCUT2D eigenvalue weighted by atomic mass is 19.3. The molecule has 0 aliphatic rings. The van der Waals surface area contributed by atoms with Crippen molar-refractivity contribution in [2.75, 3.05) is 25.5 Å². The molecule has 164 valence electrons. The van der Waals surface area contributed by atoms with E-state index in [-0.39, 0.29) is 24.7 Å². The maximum atomic E-state index is 12.7. The highest BCUT2D eigenvalue weighted by Gasteiger charge is 2.11. The van der Waals surface area contributed by atoms with Gasteiger partial charge < -0.3 is 25.4 Å². The molecule has 0 unspecified atom stereocenters. The van der Waals surface area contributed by atoms with E-state index in [0.717, 1.165) is 0 Å². The first-order valence-corrected chi connectivity index (χ1v) is 9.45. The molecule has 0 heterocycles. The number of ether oxygens (including phenoxy) is 2. The third-order valence-electron chi connectivity index (χ3n) is 3.96. The van der Waals surface area contributed by atoms with Gasteiger partial charge in [0.15, 0.2) is 5.96 Å². The Morgan fingerprint density at radius 1 is 1.23 bits per heavy atom. The van der Waals surface area contributed by atoms with Gasteiger partial charge in [0.1, 0.15) is 11.5 Å². The number of hydrogen-bond donors (Lipinski definition) is 3. The molecule has 31 heavy (non-hydrogen) atoms. The average molecular weight is 430 g/mol. The lowest BCUT2D eigenvalue weighted by Gasteiger charge is -2.14. The number of carbonyl (C=O) groups is 1. The molecule has 7 nitrogen and oxygen atoms in total. The molecule has 0 aromatic heterocycles. The Labute approximate surface area is 179 Å². The van der Waals surface area contributed by atoms with Gasteiger partial charge in [0.05, 0.1) is 20.2 Å². The van der Waals surface area contributed by atoms with Crippen LogP contribution in [0.5, 0.6) is 11.5 Å². The lowest BCUT2D eigenvalue weighted by molar-refractivity contribution is -0.115. The lowest BCUT2D eigenvalue weighted by Crippen LogP contribution is -2.41. The second-order valence-electron chi connectivity index (χ2n) is 6.17. The first-order valence-electron chi connectivity index (χ1n) is 9.45. The number of rotatable bonds is 9. The smallest absolute Gasteiger partial charge is 0.387 e. The number of terminal acetylenes is 1. The van der Waals surface area contributed by atoms with Crippen molar-refractivity contribution < 1.29 is 23.0 Å². The molecule has 0 radical (unpaired) electrons. The maximum absolute atomic E-state index is 12.7. The third-order valence-corrected chi connectivity index (χ3v) is 3.96. The lowest BCUT2D eigenvalue weighted by atomic mass is 10.2. The molecule has 0 fully saturated rings. The summed E-state index contributed by atoms with van der Waals surface area (Å²) in [5, 5.41) is 8.62. The summed E-state index contributed by atoms with van der Waals surface area (Å²) in [4.78, 5) is 16.6. The largest absolute Gasteiger partial charge is 0.497 e. The summed E-state index contributed by atoms with van der Waals surface area (Å²) < 4.78 is 35.0. The molecular weight excluding hydrogens is 406 g/mol. The van der Waals surface area contributed by atoms with Crippen molar-refractivity contribution in [2.45, 2.75) is 20.1 Å². The summed E-state index contributed by atoms with van der Waals surface area (Å²) in [6.07, 6.45) is 5.36. The van der Waals surface area contributed by atoms with E-state index < -0.39 is 6.61 Å². The van der Waals surface area contributed by atoms with Gasteiger partial charge in [0.25, 0.3) is 0 Å². The zero-order valence-electron chi connectivity index (χ0n) is 17.2. The molecule has 0 saturated carbocycles. The molecule has 0 saturated heterocycles. The van der Waals surface area contributed by atoms with E-state index in [9.17, 15) is 13.6 Å². The van der Waals surface area contributed by atoms with Crippen molar-refractivity contribution in [1.82, 2.24) is 10.6 Å². The number of benzene rings is 2. The predicted octanol–water partition coefficient (Wildman–Crippen LogP) is 2.97. The summed E-state index contributed by atoms with van der Waals surface area (Å²) in [5.41, 5.74) is 1.64. The molecule has 0 atom stereocenters. The molecule has 1 amide bonds. The second-order valence-corrected chi connectivity index (χ2v) is 6.17. The van der Waals surface area contributed by atoms with E-state index in [0.29, 0.717) is 35.1 Å². The molecule has 0 aliphatic heterocycles. The Morgan fingerprint density at radius 3 is 2.71 bits per heavy atom. The zero-order valence-corrected chi connectivity index (χ0v) is 17.2. The highest BCUT2D eigenvalue weighted by Crippen LogP contribution is 2.26. The average Bonchev–Trinajstić information content (AvgIpc) is 2.76. The summed E-state index contributed by atoms with van der Waals surface area (Å²) in [7, 11) is 1.47. The van der Waals surface area contributed by atoms with Crippen LogP contribution in [0.2, 0.25) is 0 Å². The number of guanidine groups is 1. The fourth-order valence-electron chi connectivity index (χ4n) is 2.58. The van der Waals surface area contributed by atoms with Gasteiger partial charge in [-0.25, -0.2) is 4.99 Å². The van der Waals surface area contributed by atoms with Crippen LogP contribution in [0.1, 0.15) is 18.1 Å². The first kappa shape index (κ1) is 23.5. The van der Waals surface area contributed by atoms with E-state index in [1.165, 1.54) is 19.2 Å². The van der Waals surface area contributed by atoms with E-state index >= 15 is 0 Å². The number of amides is 1. The summed E-state index contributed by atoms with van der Waals surface area (Å²) in [5.74, 6) is 3.02. The summed E-state index contributed by atoms with van der Waals surface area (Å²) >= 11 is 0. The van der Waals surface area contributed by atoms with Crippen molar-refractivity contribution in [3.05, 3.63) is 53.6 Å². The molecule has 2 aromatic rings. The minimum atomic E-state index is -2.96. The van der Waals surface area contributed by atoms with Crippen molar-refractivity contribution in [1.29, 1.82) is 0 Å². The van der Waals surface area contributed by atoms with Crippen molar-refractivity contribution in [3.8, 4) is 23.8 Å². The van der Waals surface area contributed by atoms with Crippen LogP contribution in [0.15, 0.2) is 47.5 Å². The van der Waals surface area contributed by atoms with Crippen LogP contribution in [0.25, 0.3) is 0 Å². The van der Waals surface area contributed by atoms with E-state index in [4.69, 9.17) is 11.2 Å². The predicted molar refractivity (Wildman–Crippen MR) is 115 cm³/mol. The van der Waals surface area contributed by atoms with Crippen LogP contribution in [0.3, 0.4) is 0 Å². The van der Waals surface area contributed by atoms with Gasteiger partial charge in [-0.15, -0.1) is 6.42 Å². The number of anilines is 1. The topological polar surface area (TPSA) is 84.0 Å². The molecule has 0 aliphatic carbocycles. The number of aliphatic imine (C=N–C) groups is 1. The maximum Gasteiger partial charge on any atom is 0.387 e. The van der Waals surface area contributed by atoms with Crippen LogP contribution >= 0.6 is 0 Å². The van der Waals surface area contributed by atoms with Gasteiger partial charge in [-0.1, -0.05) is 12.0 Å². The van der Waals surface area contributed by atoms with Crippen molar-refractivity contribution >= 4 is 17.6 Å². The molecule has 2 rings (SSSR count). The Bertz CT molecular complexity index is 958. The molecule has 0 bridgehead atoms. The van der Waals surface area contributed by atoms with Crippen LogP contribution in [0, 0.1) is 12.3 Å². The standard InChI is InChI=1S/C22H24F2N4O3/c1-4-15-7-6-8-17(11-15)28-20(29)14-27-22(25-5-2)26-13-16-12-18(30-3)9-10-19(16)31-21(23)24/h1,6-12,21H,5,13-14H2,2-3H3,(H,28,29)(H2,25,26,27). The van der Waals surface area contributed by atoms with Gasteiger partial charge in [-0.2, -0.15) is 8.78 Å². The van der Waals surface area contributed by atoms with E-state index in [1.807, 2.05) is 6.92 Å².